The molecule has 0 radical (unpaired) electrons. The van der Waals surface area contributed by atoms with Crippen LogP contribution in [0.15, 0.2) is 152 Å². The van der Waals surface area contributed by atoms with Crippen molar-refractivity contribution in [1.29, 1.82) is 0 Å². The Hall–Kier alpha value is -4.02. The van der Waals surface area contributed by atoms with E-state index in [-0.39, 0.29) is 6.10 Å². The van der Waals surface area contributed by atoms with Crippen LogP contribution in [0.4, 0.5) is 0 Å². The van der Waals surface area contributed by atoms with E-state index >= 15 is 0 Å². The SMILES string of the molecule is CCCCCCCCCCC(CCCOCC(COC(c1ccccc1)(c1ccccc1)c1ccccc1)OCc1ccccc1)c1ccccc1. The topological polar surface area (TPSA) is 27.7 Å². The van der Waals surface area contributed by atoms with E-state index in [4.69, 9.17) is 14.2 Å². The molecular formula is C49H60O3. The molecule has 274 valence electrons. The average Bonchev–Trinajstić information content (AvgIpc) is 3.21. The second-order valence-corrected chi connectivity index (χ2v) is 14.1. The molecule has 2 unspecified atom stereocenters. The van der Waals surface area contributed by atoms with Crippen molar-refractivity contribution in [3.8, 4) is 0 Å². The minimum absolute atomic E-state index is 0.252. The summed E-state index contributed by atoms with van der Waals surface area (Å²) in [5.74, 6) is 0.571. The highest BCUT2D eigenvalue weighted by molar-refractivity contribution is 5.47. The van der Waals surface area contributed by atoms with E-state index in [9.17, 15) is 0 Å². The van der Waals surface area contributed by atoms with Gasteiger partial charge in [-0.2, -0.15) is 0 Å². The van der Waals surface area contributed by atoms with Crippen molar-refractivity contribution < 1.29 is 14.2 Å². The van der Waals surface area contributed by atoms with Crippen LogP contribution in [0.25, 0.3) is 0 Å². The molecule has 0 saturated carbocycles. The van der Waals surface area contributed by atoms with Gasteiger partial charge in [0, 0.05) is 6.61 Å². The number of hydrogen-bond donors (Lipinski definition) is 0. The van der Waals surface area contributed by atoms with Crippen molar-refractivity contribution in [2.75, 3.05) is 19.8 Å². The Bertz CT molecular complexity index is 1500. The predicted molar refractivity (Wildman–Crippen MR) is 217 cm³/mol. The Labute approximate surface area is 314 Å². The Morgan fingerprint density at radius 2 is 0.942 bits per heavy atom. The van der Waals surface area contributed by atoms with E-state index in [0.29, 0.717) is 32.3 Å². The molecule has 0 saturated heterocycles. The van der Waals surface area contributed by atoms with Gasteiger partial charge >= 0.3 is 0 Å². The summed E-state index contributed by atoms with van der Waals surface area (Å²) in [6.07, 6.45) is 14.0. The van der Waals surface area contributed by atoms with E-state index in [1.807, 2.05) is 6.07 Å². The normalized spacial score (nSPS) is 12.8. The standard InChI is InChI=1S/C49H60O3/c1-2-3-4-5-6-7-8-16-28-44(43-29-17-10-18-30-43)31-25-38-50-40-48(51-39-42-26-14-9-15-27-42)41-52-49(45-32-19-11-20-33-45,46-34-21-12-22-35-46)47-36-23-13-24-37-47/h9-15,17-24,26-27,29-30,32-37,44,48H,2-8,16,25,28,31,38-41H2,1H3. The monoisotopic (exact) mass is 696 g/mol. The third kappa shape index (κ3) is 12.3. The molecule has 5 rings (SSSR count). The smallest absolute Gasteiger partial charge is 0.143 e. The third-order valence-electron chi connectivity index (χ3n) is 10.2. The maximum absolute atomic E-state index is 7.18. The molecule has 0 fully saturated rings. The third-order valence-corrected chi connectivity index (χ3v) is 10.2. The molecule has 0 aliphatic carbocycles. The Morgan fingerprint density at radius 1 is 0.481 bits per heavy atom. The summed E-state index contributed by atoms with van der Waals surface area (Å²) in [7, 11) is 0. The van der Waals surface area contributed by atoms with Crippen molar-refractivity contribution in [2.24, 2.45) is 0 Å². The van der Waals surface area contributed by atoms with E-state index < -0.39 is 5.60 Å². The van der Waals surface area contributed by atoms with Crippen molar-refractivity contribution in [1.82, 2.24) is 0 Å². The van der Waals surface area contributed by atoms with Crippen LogP contribution in [0.3, 0.4) is 0 Å². The number of benzene rings is 5. The molecule has 0 bridgehead atoms. The van der Waals surface area contributed by atoms with Crippen LogP contribution >= 0.6 is 0 Å². The van der Waals surface area contributed by atoms with Gasteiger partial charge in [0.05, 0.1) is 19.8 Å². The summed E-state index contributed by atoms with van der Waals surface area (Å²) in [5, 5.41) is 0. The lowest BCUT2D eigenvalue weighted by atomic mass is 9.80. The highest BCUT2D eigenvalue weighted by atomic mass is 16.6. The van der Waals surface area contributed by atoms with Crippen LogP contribution in [-0.2, 0) is 26.4 Å². The average molecular weight is 697 g/mol. The van der Waals surface area contributed by atoms with Crippen LogP contribution in [0.2, 0.25) is 0 Å². The molecule has 0 N–H and O–H groups in total. The van der Waals surface area contributed by atoms with Gasteiger partial charge in [-0.1, -0.05) is 210 Å². The van der Waals surface area contributed by atoms with Crippen LogP contribution in [-0.4, -0.2) is 25.9 Å². The molecule has 3 heteroatoms. The fourth-order valence-electron chi connectivity index (χ4n) is 7.29. The molecule has 0 spiro atoms. The van der Waals surface area contributed by atoms with E-state index in [1.54, 1.807) is 0 Å². The largest absolute Gasteiger partial charge is 0.379 e. The molecule has 52 heavy (non-hydrogen) atoms. The van der Waals surface area contributed by atoms with Gasteiger partial charge < -0.3 is 14.2 Å². The highest BCUT2D eigenvalue weighted by Crippen LogP contribution is 2.40. The van der Waals surface area contributed by atoms with Gasteiger partial charge in [0.15, 0.2) is 0 Å². The first-order valence-corrected chi connectivity index (χ1v) is 19.9. The van der Waals surface area contributed by atoms with E-state index in [1.165, 1.54) is 63.4 Å². The number of rotatable bonds is 25. The molecule has 0 aliphatic rings. The quantitative estimate of drug-likeness (QED) is 0.0449. The van der Waals surface area contributed by atoms with Crippen molar-refractivity contribution in [2.45, 2.75) is 102 Å². The number of ether oxygens (including phenoxy) is 3. The van der Waals surface area contributed by atoms with Gasteiger partial charge in [-0.15, -0.1) is 0 Å². The minimum Gasteiger partial charge on any atom is -0.379 e. The molecule has 5 aromatic carbocycles. The predicted octanol–water partition coefficient (Wildman–Crippen LogP) is 12.7. The first kappa shape index (κ1) is 39.2. The summed E-state index contributed by atoms with van der Waals surface area (Å²) in [4.78, 5) is 0. The van der Waals surface area contributed by atoms with Gasteiger partial charge in [-0.3, -0.25) is 0 Å². The Balaban J connectivity index is 1.23. The molecule has 0 amide bonds. The highest BCUT2D eigenvalue weighted by Gasteiger charge is 2.38. The summed E-state index contributed by atoms with van der Waals surface area (Å²) in [5.41, 5.74) is 5.04. The van der Waals surface area contributed by atoms with Crippen molar-refractivity contribution >= 4 is 0 Å². The lowest BCUT2D eigenvalue weighted by Crippen LogP contribution is -2.37. The van der Waals surface area contributed by atoms with Gasteiger partial charge in [0.25, 0.3) is 0 Å². The fraction of sp³-hybridized carbons (Fsp3) is 0.388. The second-order valence-electron chi connectivity index (χ2n) is 14.1. The molecule has 2 atom stereocenters. The first-order valence-electron chi connectivity index (χ1n) is 19.9. The Morgan fingerprint density at radius 3 is 1.48 bits per heavy atom. The second kappa shape index (κ2) is 22.8. The zero-order chi connectivity index (χ0) is 35.9. The zero-order valence-electron chi connectivity index (χ0n) is 31.4. The maximum atomic E-state index is 7.18. The molecule has 0 aromatic heterocycles. The van der Waals surface area contributed by atoms with Crippen molar-refractivity contribution in [3.63, 3.8) is 0 Å². The van der Waals surface area contributed by atoms with E-state index in [0.717, 1.165) is 35.1 Å². The minimum atomic E-state index is -0.809. The zero-order valence-corrected chi connectivity index (χ0v) is 31.4. The van der Waals surface area contributed by atoms with Crippen LogP contribution in [0.5, 0.6) is 0 Å². The van der Waals surface area contributed by atoms with Gasteiger partial charge in [-0.05, 0) is 53.0 Å². The lowest BCUT2D eigenvalue weighted by Gasteiger charge is -2.37. The fourth-order valence-corrected chi connectivity index (χ4v) is 7.29. The van der Waals surface area contributed by atoms with Gasteiger partial charge in [-0.25, -0.2) is 0 Å². The number of hydrogen-bond acceptors (Lipinski definition) is 3. The lowest BCUT2D eigenvalue weighted by molar-refractivity contribution is -0.0968. The number of unbranched alkanes of at least 4 members (excludes halogenated alkanes) is 7. The Kier molecular flexibility index (Phi) is 17.2. The molecular weight excluding hydrogens is 637 g/mol. The molecule has 3 nitrogen and oxygen atoms in total. The van der Waals surface area contributed by atoms with Gasteiger partial charge in [0.1, 0.15) is 11.7 Å². The molecule has 5 aromatic rings. The molecule has 0 heterocycles. The maximum Gasteiger partial charge on any atom is 0.143 e. The summed E-state index contributed by atoms with van der Waals surface area (Å²) >= 11 is 0. The van der Waals surface area contributed by atoms with E-state index in [2.05, 4.69) is 153 Å². The van der Waals surface area contributed by atoms with Crippen molar-refractivity contribution in [3.05, 3.63) is 179 Å². The summed E-state index contributed by atoms with van der Waals surface area (Å²) in [6, 6.07) is 53.1. The summed E-state index contributed by atoms with van der Waals surface area (Å²) in [6.45, 7) is 4.33. The van der Waals surface area contributed by atoms with Gasteiger partial charge in [0.2, 0.25) is 0 Å². The van der Waals surface area contributed by atoms with Crippen LogP contribution < -0.4 is 0 Å². The molecule has 0 aliphatic heterocycles. The van der Waals surface area contributed by atoms with Crippen LogP contribution in [0, 0.1) is 0 Å². The summed E-state index contributed by atoms with van der Waals surface area (Å²) < 4.78 is 20.2. The van der Waals surface area contributed by atoms with Crippen LogP contribution in [0.1, 0.15) is 111 Å². The first-order chi connectivity index (χ1) is 25.8.